The second kappa shape index (κ2) is 23.9. The minimum Gasteiger partial charge on any atom is -0.444 e. The zero-order valence-electron chi connectivity index (χ0n) is 48.0. The standard InChI is InChI=1S/C25H35F3N2O2.C20H27F3N2.C19H25NO3/c1-23(2,3)32-22(31)30(21-15-20(21)18-7-5-4-6-8-18)17-24(11-12-24)16-29-13-9-19(10-14-29)25(26,27)28;21-20(22,23)16-6-10-25(11-7-16)14-19(8-9-19)13-24-18-12-17(18)15-4-2-1-3-5-15;1-18(2,3)23-17(22)20(12-19(13-21)9-10-19)16-11-15(16)14-7-5-4-6-8-14/h4-8,19-21H,9-17H2,1-3H3;1-5,16-18,24H,6-14H2;4-8,13,15-16H,9-12H2,1-3H3/t20?,21-;17?,18-;15?,16-/m000/s1. The largest absolute Gasteiger partial charge is 0.444 e. The lowest BCUT2D eigenvalue weighted by molar-refractivity contribution is -0.186. The van der Waals surface area contributed by atoms with E-state index in [1.54, 1.807) is 4.90 Å². The van der Waals surface area contributed by atoms with Crippen molar-refractivity contribution in [3.63, 3.8) is 0 Å². The predicted molar refractivity (Wildman–Crippen MR) is 298 cm³/mol. The van der Waals surface area contributed by atoms with Crippen molar-refractivity contribution in [2.75, 3.05) is 58.9 Å². The zero-order valence-corrected chi connectivity index (χ0v) is 48.0. The van der Waals surface area contributed by atoms with E-state index in [1.807, 2.05) is 82.8 Å². The van der Waals surface area contributed by atoms with Crippen molar-refractivity contribution >= 4 is 18.5 Å². The minimum absolute atomic E-state index is 0.0220. The molecule has 0 spiro atoms. The molecule has 6 aliphatic carbocycles. The number of carbonyl (C=O) groups is 3. The summed E-state index contributed by atoms with van der Waals surface area (Å²) < 4.78 is 88.7. The molecule has 11 rings (SSSR count). The van der Waals surface area contributed by atoms with Gasteiger partial charge in [-0.15, -0.1) is 0 Å². The number of likely N-dealkylation sites (tertiary alicyclic amines) is 2. The number of aldehydes is 1. The lowest BCUT2D eigenvalue weighted by atomic mass is 9.94. The van der Waals surface area contributed by atoms with Gasteiger partial charge in [0.05, 0.1) is 11.8 Å². The predicted octanol–water partition coefficient (Wildman–Crippen LogP) is 13.8. The van der Waals surface area contributed by atoms with Gasteiger partial charge < -0.3 is 39.2 Å². The Kier molecular flexibility index (Phi) is 17.9. The number of ether oxygens (including phenoxy) is 2. The molecule has 2 aliphatic heterocycles. The molecule has 6 saturated carbocycles. The van der Waals surface area contributed by atoms with Gasteiger partial charge in [-0.3, -0.25) is 0 Å². The van der Waals surface area contributed by atoms with Crippen LogP contribution in [0.4, 0.5) is 35.9 Å². The Hall–Kier alpha value is -4.67. The van der Waals surface area contributed by atoms with E-state index >= 15 is 0 Å². The number of alkyl halides is 6. The molecule has 440 valence electrons. The third kappa shape index (κ3) is 16.8. The lowest BCUT2D eigenvalue weighted by Gasteiger charge is -2.37. The highest BCUT2D eigenvalue weighted by Gasteiger charge is 2.55. The van der Waals surface area contributed by atoms with E-state index in [-0.39, 0.29) is 60.8 Å². The Morgan fingerprint density at radius 1 is 0.550 bits per heavy atom. The van der Waals surface area contributed by atoms with Crippen LogP contribution in [0, 0.1) is 28.1 Å². The fourth-order valence-corrected chi connectivity index (χ4v) is 12.4. The highest BCUT2D eigenvalue weighted by molar-refractivity contribution is 5.72. The maximum atomic E-state index is 13.1. The van der Waals surface area contributed by atoms with Gasteiger partial charge >= 0.3 is 24.5 Å². The molecular formula is C64H87F6N5O5. The lowest BCUT2D eigenvalue weighted by Crippen LogP contribution is -2.46. The molecule has 10 nitrogen and oxygen atoms in total. The summed E-state index contributed by atoms with van der Waals surface area (Å²) in [6, 6.07) is 32.0. The number of benzene rings is 3. The van der Waals surface area contributed by atoms with Crippen molar-refractivity contribution in [2.45, 2.75) is 184 Å². The van der Waals surface area contributed by atoms with Gasteiger partial charge in [0.1, 0.15) is 17.5 Å². The summed E-state index contributed by atoms with van der Waals surface area (Å²) in [5.41, 5.74) is 2.78. The van der Waals surface area contributed by atoms with Gasteiger partial charge in [-0.1, -0.05) is 91.0 Å². The van der Waals surface area contributed by atoms with Gasteiger partial charge in [0.2, 0.25) is 0 Å². The second-order valence-corrected chi connectivity index (χ2v) is 27.3. The molecule has 80 heavy (non-hydrogen) atoms. The molecule has 3 aromatic carbocycles. The summed E-state index contributed by atoms with van der Waals surface area (Å²) in [5, 5.41) is 3.72. The summed E-state index contributed by atoms with van der Waals surface area (Å²) >= 11 is 0. The van der Waals surface area contributed by atoms with E-state index in [4.69, 9.17) is 9.47 Å². The van der Waals surface area contributed by atoms with Crippen LogP contribution in [-0.2, 0) is 14.3 Å². The molecular weight excluding hydrogens is 1030 g/mol. The van der Waals surface area contributed by atoms with Crippen molar-refractivity contribution < 1.29 is 50.2 Å². The van der Waals surface area contributed by atoms with Crippen LogP contribution in [0.15, 0.2) is 91.0 Å². The summed E-state index contributed by atoms with van der Waals surface area (Å²) in [6.45, 7) is 17.3. The average Bonchev–Trinajstić information content (AvgIpc) is 4.19. The fraction of sp³-hybridized carbons (Fsp3) is 0.672. The van der Waals surface area contributed by atoms with E-state index in [9.17, 15) is 40.7 Å². The number of rotatable bonds is 17. The first-order valence-electron chi connectivity index (χ1n) is 29.7. The number of amides is 2. The van der Waals surface area contributed by atoms with Crippen molar-refractivity contribution in [2.24, 2.45) is 28.1 Å². The highest BCUT2D eigenvalue weighted by atomic mass is 19.4. The van der Waals surface area contributed by atoms with E-state index in [1.165, 1.54) is 36.0 Å². The van der Waals surface area contributed by atoms with Gasteiger partial charge in [0, 0.05) is 79.4 Å². The number of piperidine rings is 2. The number of hydrogen-bond acceptors (Lipinski definition) is 8. The van der Waals surface area contributed by atoms with Crippen LogP contribution >= 0.6 is 0 Å². The van der Waals surface area contributed by atoms with Crippen LogP contribution in [-0.4, -0.2) is 139 Å². The van der Waals surface area contributed by atoms with Crippen LogP contribution in [0.2, 0.25) is 0 Å². The SMILES string of the molecule is CC(C)(C)OC(=O)N(CC1(C=O)CC1)[C@H]1CC1c1ccccc1.CC(C)(C)OC(=O)N(CC1(CN2CCC(C(F)(F)F)CC2)CC1)[C@H]1CC1c1ccccc1.FC(F)(F)C1CCN(CC2(CN[C@H]3CC3c3ccccc3)CC2)CC1. The smallest absolute Gasteiger partial charge is 0.410 e. The Morgan fingerprint density at radius 2 is 0.925 bits per heavy atom. The van der Waals surface area contributed by atoms with E-state index in [0.29, 0.717) is 68.5 Å². The minimum atomic E-state index is -4.09. The third-order valence-electron chi connectivity index (χ3n) is 18.0. The molecule has 8 aliphatic rings. The summed E-state index contributed by atoms with van der Waals surface area (Å²) in [5.74, 6) is -0.951. The average molecular weight is 1120 g/mol. The van der Waals surface area contributed by atoms with Gasteiger partial charge in [-0.2, -0.15) is 26.3 Å². The Labute approximate surface area is 471 Å². The molecule has 6 atom stereocenters. The summed E-state index contributed by atoms with van der Waals surface area (Å²) in [4.78, 5) is 45.3. The first kappa shape index (κ1) is 59.9. The maximum Gasteiger partial charge on any atom is 0.410 e. The van der Waals surface area contributed by atoms with Crippen molar-refractivity contribution in [1.82, 2.24) is 24.9 Å². The van der Waals surface area contributed by atoms with Crippen LogP contribution < -0.4 is 5.32 Å². The molecule has 2 amide bonds. The molecule has 3 unspecified atom stereocenters. The normalized spacial score (nSPS) is 26.7. The number of carbonyl (C=O) groups excluding carboxylic acids is 3. The zero-order chi connectivity index (χ0) is 57.3. The summed E-state index contributed by atoms with van der Waals surface area (Å²) in [7, 11) is 0. The van der Waals surface area contributed by atoms with Crippen LogP contribution in [0.1, 0.15) is 159 Å². The van der Waals surface area contributed by atoms with Gasteiger partial charge in [-0.05, 0) is 173 Å². The van der Waals surface area contributed by atoms with Crippen LogP contribution in [0.5, 0.6) is 0 Å². The Morgan fingerprint density at radius 3 is 1.27 bits per heavy atom. The molecule has 2 heterocycles. The molecule has 0 aromatic heterocycles. The third-order valence-corrected chi connectivity index (χ3v) is 18.0. The number of hydrogen-bond donors (Lipinski definition) is 1. The second-order valence-electron chi connectivity index (χ2n) is 27.3. The molecule has 2 saturated heterocycles. The van der Waals surface area contributed by atoms with E-state index in [2.05, 4.69) is 69.7 Å². The fourth-order valence-electron chi connectivity index (χ4n) is 12.4. The van der Waals surface area contributed by atoms with Gasteiger partial charge in [0.25, 0.3) is 0 Å². The van der Waals surface area contributed by atoms with Crippen molar-refractivity contribution in [3.8, 4) is 0 Å². The number of nitrogens with zero attached hydrogens (tertiary/aromatic N) is 4. The van der Waals surface area contributed by atoms with Crippen LogP contribution in [0.3, 0.4) is 0 Å². The topological polar surface area (TPSA) is 94.7 Å². The quantitative estimate of drug-likeness (QED) is 0.106. The summed E-state index contributed by atoms with van der Waals surface area (Å²) in [6.07, 6.45) is 2.49. The molecule has 0 bridgehead atoms. The number of nitrogens with one attached hydrogen (secondary N) is 1. The van der Waals surface area contributed by atoms with Gasteiger partial charge in [0.15, 0.2) is 0 Å². The molecule has 16 heteroatoms. The van der Waals surface area contributed by atoms with E-state index in [0.717, 1.165) is 64.4 Å². The monoisotopic (exact) mass is 1120 g/mol. The van der Waals surface area contributed by atoms with E-state index < -0.39 is 35.4 Å². The molecule has 8 fully saturated rings. The highest BCUT2D eigenvalue weighted by Crippen LogP contribution is 2.54. The van der Waals surface area contributed by atoms with Crippen molar-refractivity contribution in [3.05, 3.63) is 108 Å². The maximum absolute atomic E-state index is 13.1. The molecule has 0 radical (unpaired) electrons. The first-order valence-corrected chi connectivity index (χ1v) is 29.7. The molecule has 1 N–H and O–H groups in total. The van der Waals surface area contributed by atoms with Crippen LogP contribution in [0.25, 0.3) is 0 Å². The Bertz CT molecular complexity index is 2510. The number of halogens is 6. The molecule has 3 aromatic rings. The van der Waals surface area contributed by atoms with Crippen molar-refractivity contribution in [1.29, 1.82) is 0 Å². The first-order chi connectivity index (χ1) is 37.7. The van der Waals surface area contributed by atoms with Gasteiger partial charge in [-0.25, -0.2) is 9.59 Å². The Balaban J connectivity index is 0.000000148.